The number of nitrogens with zero attached hydrogens (tertiary/aromatic N) is 2. The molecule has 1 saturated heterocycles. The quantitative estimate of drug-likeness (QED) is 0.427. The number of amides is 1. The molecule has 8 heteroatoms. The predicted octanol–water partition coefficient (Wildman–Crippen LogP) is 2.55. The van der Waals surface area contributed by atoms with Gasteiger partial charge >= 0.3 is 0 Å². The van der Waals surface area contributed by atoms with Crippen LogP contribution in [0, 0.1) is 0 Å². The molecule has 182 valence electrons. The molecule has 5 rings (SSSR count). The first kappa shape index (κ1) is 22.9. The third-order valence-electron chi connectivity index (χ3n) is 7.33. The molecule has 1 aliphatic carbocycles. The van der Waals surface area contributed by atoms with Crippen LogP contribution >= 0.6 is 0 Å². The van der Waals surface area contributed by atoms with Crippen LogP contribution < -0.4 is 20.9 Å². The number of anilines is 2. The summed E-state index contributed by atoms with van der Waals surface area (Å²) in [6, 6.07) is 9.31. The van der Waals surface area contributed by atoms with Gasteiger partial charge in [-0.2, -0.15) is 0 Å². The van der Waals surface area contributed by atoms with Gasteiger partial charge in [0, 0.05) is 43.8 Å². The van der Waals surface area contributed by atoms with Gasteiger partial charge in [0.05, 0.1) is 6.10 Å². The Bertz CT molecular complexity index is 1020. The predicted molar refractivity (Wildman–Crippen MR) is 132 cm³/mol. The summed E-state index contributed by atoms with van der Waals surface area (Å²) >= 11 is 0. The minimum Gasteiger partial charge on any atom is -0.508 e. The lowest BCUT2D eigenvalue weighted by atomic mass is 9.92. The van der Waals surface area contributed by atoms with E-state index in [0.717, 1.165) is 61.5 Å². The van der Waals surface area contributed by atoms with E-state index in [0.29, 0.717) is 24.6 Å². The first-order valence-electron chi connectivity index (χ1n) is 12.6. The van der Waals surface area contributed by atoms with Gasteiger partial charge in [0.2, 0.25) is 0 Å². The fourth-order valence-electron chi connectivity index (χ4n) is 5.01. The van der Waals surface area contributed by atoms with E-state index in [1.54, 1.807) is 12.1 Å². The number of phenolic OH excluding ortho intramolecular Hbond substituents is 1. The molecular formula is C26H35N5O3. The summed E-state index contributed by atoms with van der Waals surface area (Å²) in [7, 11) is 0. The van der Waals surface area contributed by atoms with Gasteiger partial charge in [-0.05, 0) is 80.3 Å². The number of nitrogens with one attached hydrogen (secondary N) is 3. The summed E-state index contributed by atoms with van der Waals surface area (Å²) in [5.41, 5.74) is 2.72. The molecule has 0 radical (unpaired) electrons. The Balaban J connectivity index is 1.24. The van der Waals surface area contributed by atoms with Crippen LogP contribution in [0.15, 0.2) is 30.3 Å². The van der Waals surface area contributed by atoms with Crippen molar-refractivity contribution in [1.29, 1.82) is 0 Å². The molecule has 1 aromatic carbocycles. The lowest BCUT2D eigenvalue weighted by molar-refractivity contribution is 0.0870. The molecule has 2 atom stereocenters. The average Bonchev–Trinajstić information content (AvgIpc) is 2.84. The van der Waals surface area contributed by atoms with Gasteiger partial charge in [0.15, 0.2) is 0 Å². The number of hydrogen-bond donors (Lipinski definition) is 5. The monoisotopic (exact) mass is 465 g/mol. The van der Waals surface area contributed by atoms with Crippen molar-refractivity contribution in [3.63, 3.8) is 0 Å². The molecule has 34 heavy (non-hydrogen) atoms. The Morgan fingerprint density at radius 2 is 1.94 bits per heavy atom. The number of carbonyl (C=O) groups excluding carboxylic acids is 1. The van der Waals surface area contributed by atoms with Crippen LogP contribution in [0.4, 0.5) is 11.6 Å². The molecule has 2 aliphatic heterocycles. The van der Waals surface area contributed by atoms with Gasteiger partial charge < -0.3 is 31.1 Å². The Kier molecular flexibility index (Phi) is 6.87. The summed E-state index contributed by atoms with van der Waals surface area (Å²) in [5, 5.41) is 30.2. The van der Waals surface area contributed by atoms with Crippen LogP contribution in [0.5, 0.6) is 5.75 Å². The van der Waals surface area contributed by atoms with Crippen molar-refractivity contribution >= 4 is 17.5 Å². The summed E-state index contributed by atoms with van der Waals surface area (Å²) in [4.78, 5) is 20.2. The van der Waals surface area contributed by atoms with Gasteiger partial charge in [-0.15, -0.1) is 0 Å². The average molecular weight is 466 g/mol. The van der Waals surface area contributed by atoms with Crippen LogP contribution in [0.25, 0.3) is 0 Å². The number of fused-ring (bicyclic) bond motifs is 1. The fourth-order valence-corrected chi connectivity index (χ4v) is 5.01. The molecule has 1 aromatic heterocycles. The second-order valence-electron chi connectivity index (χ2n) is 9.84. The van der Waals surface area contributed by atoms with E-state index >= 15 is 0 Å². The zero-order chi connectivity index (χ0) is 23.5. The van der Waals surface area contributed by atoms with Crippen molar-refractivity contribution in [3.05, 3.63) is 47.0 Å². The second kappa shape index (κ2) is 10.2. The SMILES string of the molecule is O=C(NCC(O)[C@@H]1Cc2ccc(O)cc2CN1)c1cc(NC2CCC2)nc(N2CCCCC2)c1. The highest BCUT2D eigenvalue weighted by molar-refractivity contribution is 5.95. The van der Waals surface area contributed by atoms with Gasteiger partial charge in [0.25, 0.3) is 5.91 Å². The molecule has 3 heterocycles. The van der Waals surface area contributed by atoms with Gasteiger partial charge in [-0.1, -0.05) is 6.07 Å². The number of aromatic hydroxyl groups is 1. The fraction of sp³-hybridized carbons (Fsp3) is 0.538. The Labute approximate surface area is 200 Å². The van der Waals surface area contributed by atoms with E-state index in [1.807, 2.05) is 18.2 Å². The van der Waals surface area contributed by atoms with Crippen molar-refractivity contribution in [2.45, 2.75) is 69.7 Å². The number of hydrogen-bond acceptors (Lipinski definition) is 7. The molecule has 0 spiro atoms. The summed E-state index contributed by atoms with van der Waals surface area (Å²) in [6.45, 7) is 2.67. The van der Waals surface area contributed by atoms with Gasteiger partial charge in [-0.25, -0.2) is 4.98 Å². The highest BCUT2D eigenvalue weighted by atomic mass is 16.3. The highest BCUT2D eigenvalue weighted by Gasteiger charge is 2.26. The van der Waals surface area contributed by atoms with Gasteiger partial charge in [0.1, 0.15) is 17.4 Å². The van der Waals surface area contributed by atoms with Crippen molar-refractivity contribution in [2.75, 3.05) is 29.9 Å². The third kappa shape index (κ3) is 5.28. The number of pyridine rings is 1. The number of aromatic nitrogens is 1. The molecule has 8 nitrogen and oxygen atoms in total. The zero-order valence-corrected chi connectivity index (χ0v) is 19.6. The van der Waals surface area contributed by atoms with E-state index in [9.17, 15) is 15.0 Å². The topological polar surface area (TPSA) is 110 Å². The van der Waals surface area contributed by atoms with E-state index in [4.69, 9.17) is 4.98 Å². The zero-order valence-electron chi connectivity index (χ0n) is 19.6. The maximum atomic E-state index is 13.1. The Hall–Kier alpha value is -2.84. The molecule has 1 unspecified atom stereocenters. The smallest absolute Gasteiger partial charge is 0.251 e. The van der Waals surface area contributed by atoms with E-state index < -0.39 is 6.10 Å². The molecule has 2 aromatic rings. The molecule has 5 N–H and O–H groups in total. The molecule has 2 fully saturated rings. The lowest BCUT2D eigenvalue weighted by Gasteiger charge is -2.31. The van der Waals surface area contributed by atoms with Crippen LogP contribution in [-0.4, -0.2) is 58.9 Å². The summed E-state index contributed by atoms with van der Waals surface area (Å²) in [5.74, 6) is 1.66. The number of benzene rings is 1. The molecule has 1 amide bonds. The molecule has 3 aliphatic rings. The minimum atomic E-state index is -0.720. The van der Waals surface area contributed by atoms with E-state index in [1.165, 1.54) is 12.8 Å². The van der Waals surface area contributed by atoms with Crippen LogP contribution in [0.2, 0.25) is 0 Å². The van der Waals surface area contributed by atoms with Crippen molar-refractivity contribution < 1.29 is 15.0 Å². The maximum absolute atomic E-state index is 13.1. The molecule has 0 bridgehead atoms. The second-order valence-corrected chi connectivity index (χ2v) is 9.84. The van der Waals surface area contributed by atoms with E-state index in [-0.39, 0.29) is 24.2 Å². The Morgan fingerprint density at radius 1 is 1.12 bits per heavy atom. The molecule has 1 saturated carbocycles. The number of rotatable bonds is 7. The normalized spacial score (nSPS) is 21.3. The van der Waals surface area contributed by atoms with E-state index in [2.05, 4.69) is 20.9 Å². The highest BCUT2D eigenvalue weighted by Crippen LogP contribution is 2.26. The van der Waals surface area contributed by atoms with Crippen molar-refractivity contribution in [2.24, 2.45) is 0 Å². The minimum absolute atomic E-state index is 0.158. The number of phenols is 1. The number of aliphatic hydroxyl groups excluding tert-OH is 1. The summed E-state index contributed by atoms with van der Waals surface area (Å²) < 4.78 is 0. The first-order chi connectivity index (χ1) is 16.5. The lowest BCUT2D eigenvalue weighted by Crippen LogP contribution is -2.49. The Morgan fingerprint density at radius 3 is 2.71 bits per heavy atom. The standard InChI is InChI=1S/C26H35N5O3/c32-21-8-7-17-12-22(27-15-19(17)11-21)23(33)16-28-26(34)18-13-24(29-20-5-4-6-20)30-25(14-18)31-9-2-1-3-10-31/h7-8,11,13-14,20,22-23,27,32-33H,1-6,9-10,12,15-16H2,(H,28,34)(H,29,30)/t22-,23?/m0/s1. The summed E-state index contributed by atoms with van der Waals surface area (Å²) in [6.07, 6.45) is 6.97. The number of aliphatic hydroxyl groups is 1. The number of carbonyl (C=O) groups is 1. The number of piperidine rings is 1. The largest absolute Gasteiger partial charge is 0.508 e. The van der Waals surface area contributed by atoms with Gasteiger partial charge in [-0.3, -0.25) is 4.79 Å². The third-order valence-corrected chi connectivity index (χ3v) is 7.33. The maximum Gasteiger partial charge on any atom is 0.251 e. The van der Waals surface area contributed by atoms with Crippen LogP contribution in [0.3, 0.4) is 0 Å². The first-order valence-corrected chi connectivity index (χ1v) is 12.6. The van der Waals surface area contributed by atoms with Crippen molar-refractivity contribution in [1.82, 2.24) is 15.6 Å². The van der Waals surface area contributed by atoms with Crippen molar-refractivity contribution in [3.8, 4) is 5.75 Å². The van der Waals surface area contributed by atoms with Crippen LogP contribution in [0.1, 0.15) is 60.0 Å². The van der Waals surface area contributed by atoms with Crippen LogP contribution in [-0.2, 0) is 13.0 Å². The molecular weight excluding hydrogens is 430 g/mol.